The zero-order valence-corrected chi connectivity index (χ0v) is 13.2. The van der Waals surface area contributed by atoms with Crippen LogP contribution in [0.4, 0.5) is 5.69 Å². The molecule has 0 radical (unpaired) electrons. The van der Waals surface area contributed by atoms with E-state index in [1.807, 2.05) is 0 Å². The molecule has 100 valence electrons. The number of rotatable bonds is 3. The standard InChI is InChI=1S/C15H23BrN2/c1-4-17-14-6-5-7-18(10-14)15-11(2)8-13(16)9-12(15)3/h8-9,14,17H,4-7,10H2,1-3H3. The first-order valence-electron chi connectivity index (χ1n) is 6.87. The maximum absolute atomic E-state index is 3.58. The Morgan fingerprint density at radius 1 is 1.33 bits per heavy atom. The van der Waals surface area contributed by atoms with Crippen LogP contribution in [0.1, 0.15) is 30.9 Å². The third-order valence-electron chi connectivity index (χ3n) is 3.69. The van der Waals surface area contributed by atoms with Crippen molar-refractivity contribution in [2.24, 2.45) is 0 Å². The van der Waals surface area contributed by atoms with Crippen molar-refractivity contribution in [3.63, 3.8) is 0 Å². The highest BCUT2D eigenvalue weighted by Gasteiger charge is 2.21. The molecule has 3 heteroatoms. The minimum Gasteiger partial charge on any atom is -0.370 e. The van der Waals surface area contributed by atoms with Gasteiger partial charge in [-0.05, 0) is 56.5 Å². The van der Waals surface area contributed by atoms with E-state index in [1.54, 1.807) is 0 Å². The van der Waals surface area contributed by atoms with E-state index in [9.17, 15) is 0 Å². The Labute approximate surface area is 119 Å². The molecule has 2 nitrogen and oxygen atoms in total. The average Bonchev–Trinajstić information content (AvgIpc) is 2.28. The van der Waals surface area contributed by atoms with Crippen LogP contribution in [0.5, 0.6) is 0 Å². The molecule has 0 amide bonds. The van der Waals surface area contributed by atoms with E-state index in [-0.39, 0.29) is 0 Å². The Morgan fingerprint density at radius 2 is 2.00 bits per heavy atom. The first-order chi connectivity index (χ1) is 8.61. The lowest BCUT2D eigenvalue weighted by Crippen LogP contribution is -2.46. The molecule has 1 atom stereocenters. The first kappa shape index (κ1) is 13.9. The molecule has 0 spiro atoms. The molecule has 1 N–H and O–H groups in total. The average molecular weight is 311 g/mol. The van der Waals surface area contributed by atoms with Crippen LogP contribution in [0.25, 0.3) is 0 Å². The maximum atomic E-state index is 3.58. The van der Waals surface area contributed by atoms with E-state index in [0.29, 0.717) is 6.04 Å². The third-order valence-corrected chi connectivity index (χ3v) is 4.14. The van der Waals surface area contributed by atoms with Crippen molar-refractivity contribution < 1.29 is 0 Å². The number of anilines is 1. The largest absolute Gasteiger partial charge is 0.370 e. The van der Waals surface area contributed by atoms with Crippen LogP contribution in [0, 0.1) is 13.8 Å². The lowest BCUT2D eigenvalue weighted by molar-refractivity contribution is 0.431. The van der Waals surface area contributed by atoms with Crippen molar-refractivity contribution in [2.45, 2.75) is 39.7 Å². The summed E-state index contributed by atoms with van der Waals surface area (Å²) in [5, 5.41) is 3.58. The summed E-state index contributed by atoms with van der Waals surface area (Å²) in [7, 11) is 0. The molecule has 1 aromatic carbocycles. The van der Waals surface area contributed by atoms with Crippen LogP contribution in [0.15, 0.2) is 16.6 Å². The normalized spacial score (nSPS) is 20.2. The van der Waals surface area contributed by atoms with Crippen molar-refractivity contribution in [1.29, 1.82) is 0 Å². The maximum Gasteiger partial charge on any atom is 0.0426 e. The molecule has 1 aliphatic rings. The summed E-state index contributed by atoms with van der Waals surface area (Å²) < 4.78 is 1.18. The van der Waals surface area contributed by atoms with Gasteiger partial charge in [0.1, 0.15) is 0 Å². The SMILES string of the molecule is CCNC1CCCN(c2c(C)cc(Br)cc2C)C1. The smallest absolute Gasteiger partial charge is 0.0426 e. The summed E-state index contributed by atoms with van der Waals surface area (Å²) in [5.74, 6) is 0. The molecule has 18 heavy (non-hydrogen) atoms. The number of benzene rings is 1. The second-order valence-electron chi connectivity index (χ2n) is 5.23. The van der Waals surface area contributed by atoms with Crippen LogP contribution in [-0.2, 0) is 0 Å². The van der Waals surface area contributed by atoms with Crippen molar-refractivity contribution in [2.75, 3.05) is 24.5 Å². The van der Waals surface area contributed by atoms with Crippen molar-refractivity contribution in [3.8, 4) is 0 Å². The third kappa shape index (κ3) is 3.07. The van der Waals surface area contributed by atoms with Crippen LogP contribution < -0.4 is 10.2 Å². The number of aryl methyl sites for hydroxylation is 2. The molecule has 1 fully saturated rings. The molecule has 0 bridgehead atoms. The van der Waals surface area contributed by atoms with Gasteiger partial charge in [0.15, 0.2) is 0 Å². The van der Waals surface area contributed by atoms with Gasteiger partial charge in [-0.1, -0.05) is 22.9 Å². The van der Waals surface area contributed by atoms with Gasteiger partial charge in [-0.15, -0.1) is 0 Å². The van der Waals surface area contributed by atoms with Crippen molar-refractivity contribution in [3.05, 3.63) is 27.7 Å². The highest BCUT2D eigenvalue weighted by Crippen LogP contribution is 2.30. The van der Waals surface area contributed by atoms with Gasteiger partial charge in [0.05, 0.1) is 0 Å². The fraction of sp³-hybridized carbons (Fsp3) is 0.600. The Morgan fingerprint density at radius 3 is 2.61 bits per heavy atom. The van der Waals surface area contributed by atoms with Gasteiger partial charge >= 0.3 is 0 Å². The predicted molar refractivity (Wildman–Crippen MR) is 82.5 cm³/mol. The van der Waals surface area contributed by atoms with E-state index < -0.39 is 0 Å². The second-order valence-corrected chi connectivity index (χ2v) is 6.15. The summed E-state index contributed by atoms with van der Waals surface area (Å²) in [6, 6.07) is 5.09. The summed E-state index contributed by atoms with van der Waals surface area (Å²) in [4.78, 5) is 2.55. The first-order valence-corrected chi connectivity index (χ1v) is 7.66. The minimum absolute atomic E-state index is 0.645. The summed E-state index contributed by atoms with van der Waals surface area (Å²) in [5.41, 5.74) is 4.18. The molecule has 1 aliphatic heterocycles. The quantitative estimate of drug-likeness (QED) is 0.917. The fourth-order valence-corrected chi connectivity index (χ4v) is 3.72. The van der Waals surface area contributed by atoms with Gasteiger partial charge in [-0.2, -0.15) is 0 Å². The van der Waals surface area contributed by atoms with E-state index in [1.165, 1.54) is 40.7 Å². The molecule has 1 heterocycles. The number of hydrogen-bond acceptors (Lipinski definition) is 2. The zero-order chi connectivity index (χ0) is 13.1. The van der Waals surface area contributed by atoms with Gasteiger partial charge in [-0.25, -0.2) is 0 Å². The number of likely N-dealkylation sites (N-methyl/N-ethyl adjacent to an activating group) is 1. The van der Waals surface area contributed by atoms with Gasteiger partial charge < -0.3 is 10.2 Å². The summed E-state index contributed by atoms with van der Waals surface area (Å²) in [6.45, 7) is 10.0. The number of piperidine rings is 1. The second kappa shape index (κ2) is 6.07. The van der Waals surface area contributed by atoms with Gasteiger partial charge in [0, 0.05) is 29.3 Å². The van der Waals surface area contributed by atoms with Crippen LogP contribution in [0.2, 0.25) is 0 Å². The van der Waals surface area contributed by atoms with Crippen molar-refractivity contribution in [1.82, 2.24) is 5.32 Å². The van der Waals surface area contributed by atoms with Crippen LogP contribution in [-0.4, -0.2) is 25.7 Å². The minimum atomic E-state index is 0.645. The van der Waals surface area contributed by atoms with E-state index in [4.69, 9.17) is 0 Å². The molecule has 1 aromatic rings. The number of hydrogen-bond donors (Lipinski definition) is 1. The predicted octanol–water partition coefficient (Wildman–Crippen LogP) is 3.64. The Kier molecular flexibility index (Phi) is 4.68. The van der Waals surface area contributed by atoms with Crippen LogP contribution in [0.3, 0.4) is 0 Å². The highest BCUT2D eigenvalue weighted by molar-refractivity contribution is 9.10. The number of nitrogens with one attached hydrogen (secondary N) is 1. The van der Waals surface area contributed by atoms with Gasteiger partial charge in [0.25, 0.3) is 0 Å². The monoisotopic (exact) mass is 310 g/mol. The number of nitrogens with zero attached hydrogens (tertiary/aromatic N) is 1. The molecule has 1 saturated heterocycles. The van der Waals surface area contributed by atoms with Crippen molar-refractivity contribution >= 4 is 21.6 Å². The van der Waals surface area contributed by atoms with Gasteiger partial charge in [-0.3, -0.25) is 0 Å². The van der Waals surface area contributed by atoms with E-state index in [0.717, 1.165) is 13.1 Å². The van der Waals surface area contributed by atoms with Crippen LogP contribution >= 0.6 is 15.9 Å². The summed E-state index contributed by atoms with van der Waals surface area (Å²) >= 11 is 3.58. The molecular formula is C15H23BrN2. The van der Waals surface area contributed by atoms with E-state index in [2.05, 4.69) is 59.1 Å². The summed E-state index contributed by atoms with van der Waals surface area (Å²) in [6.07, 6.45) is 2.59. The van der Waals surface area contributed by atoms with Gasteiger partial charge in [0.2, 0.25) is 0 Å². The molecule has 0 aromatic heterocycles. The molecule has 2 rings (SSSR count). The Balaban J connectivity index is 2.20. The van der Waals surface area contributed by atoms with E-state index >= 15 is 0 Å². The topological polar surface area (TPSA) is 15.3 Å². The molecule has 0 aliphatic carbocycles. The molecular weight excluding hydrogens is 288 g/mol. The lowest BCUT2D eigenvalue weighted by Gasteiger charge is -2.36. The fourth-order valence-electron chi connectivity index (χ4n) is 3.04. The Bertz CT molecular complexity index is 392. The Hall–Kier alpha value is -0.540. The molecule has 0 saturated carbocycles. The highest BCUT2D eigenvalue weighted by atomic mass is 79.9. The zero-order valence-electron chi connectivity index (χ0n) is 11.6. The number of halogens is 1. The lowest BCUT2D eigenvalue weighted by atomic mass is 10.0. The molecule has 1 unspecified atom stereocenters.